The van der Waals surface area contributed by atoms with Gasteiger partial charge >= 0.3 is 0 Å². The molecule has 2 N–H and O–H groups in total. The van der Waals surface area contributed by atoms with Crippen LogP contribution in [0.3, 0.4) is 0 Å². The molecule has 146 valence electrons. The number of ether oxygens (including phenoxy) is 2. The second-order valence-corrected chi connectivity index (χ2v) is 8.20. The van der Waals surface area contributed by atoms with Crippen molar-refractivity contribution in [2.45, 2.75) is 11.0 Å². The first-order valence-electron chi connectivity index (χ1n) is 8.42. The summed E-state index contributed by atoms with van der Waals surface area (Å²) >= 11 is 0.951. The van der Waals surface area contributed by atoms with Crippen molar-refractivity contribution in [2.75, 3.05) is 19.7 Å². The van der Waals surface area contributed by atoms with Crippen molar-refractivity contribution >= 4 is 38.7 Å². The highest BCUT2D eigenvalue weighted by Crippen LogP contribution is 2.30. The Bertz CT molecular complexity index is 1120. The van der Waals surface area contributed by atoms with Gasteiger partial charge < -0.3 is 14.8 Å². The first kappa shape index (κ1) is 18.6. The Balaban J connectivity index is 1.31. The summed E-state index contributed by atoms with van der Waals surface area (Å²) in [5.41, 5.74) is 0.853. The summed E-state index contributed by atoms with van der Waals surface area (Å²) in [5, 5.41) is 2.64. The molecule has 11 heteroatoms. The summed E-state index contributed by atoms with van der Waals surface area (Å²) in [4.78, 5) is 12.3. The van der Waals surface area contributed by atoms with Crippen LogP contribution in [0.25, 0.3) is 11.0 Å². The lowest BCUT2D eigenvalue weighted by molar-refractivity contribution is -0.130. The van der Waals surface area contributed by atoms with Gasteiger partial charge in [0.2, 0.25) is 16.1 Å². The third-order valence-electron chi connectivity index (χ3n) is 4.06. The highest BCUT2D eigenvalue weighted by atomic mass is 32.2. The minimum atomic E-state index is -3.77. The lowest BCUT2D eigenvalue weighted by Gasteiger charge is -2.25. The van der Waals surface area contributed by atoms with E-state index in [1.54, 1.807) is 30.3 Å². The van der Waals surface area contributed by atoms with Gasteiger partial charge in [-0.3, -0.25) is 4.79 Å². The molecule has 3 aromatic rings. The molecule has 0 saturated carbocycles. The molecule has 28 heavy (non-hydrogen) atoms. The van der Waals surface area contributed by atoms with Crippen LogP contribution >= 0.6 is 11.7 Å². The molecule has 0 radical (unpaired) electrons. The van der Waals surface area contributed by atoms with Crippen LogP contribution in [0.5, 0.6) is 11.5 Å². The number of rotatable bonds is 6. The van der Waals surface area contributed by atoms with E-state index in [9.17, 15) is 13.2 Å². The maximum Gasteiger partial charge on any atom is 0.264 e. The molecule has 4 rings (SSSR count). The molecule has 0 saturated heterocycles. The topological polar surface area (TPSA) is 120 Å². The number of sulfonamides is 1. The zero-order chi connectivity index (χ0) is 19.6. The highest BCUT2D eigenvalue weighted by molar-refractivity contribution is 7.89. The summed E-state index contributed by atoms with van der Waals surface area (Å²) in [6, 6.07) is 11.9. The van der Waals surface area contributed by atoms with Crippen molar-refractivity contribution in [2.24, 2.45) is 0 Å². The number of carbonyl (C=O) groups is 1. The SMILES string of the molecule is O=C(NCCNS(=O)(=O)c1cccc2nsnc12)[C@H]1COc2ccccc2O1. The smallest absolute Gasteiger partial charge is 0.264 e. The van der Waals surface area contributed by atoms with E-state index < -0.39 is 16.1 Å². The van der Waals surface area contributed by atoms with E-state index in [2.05, 4.69) is 18.8 Å². The van der Waals surface area contributed by atoms with Crippen LogP contribution in [-0.4, -0.2) is 48.9 Å². The molecule has 1 amide bonds. The van der Waals surface area contributed by atoms with Crippen LogP contribution in [0.1, 0.15) is 0 Å². The Kier molecular flexibility index (Phi) is 5.11. The fraction of sp³-hybridized carbons (Fsp3) is 0.235. The van der Waals surface area contributed by atoms with Gasteiger partial charge in [0.05, 0.1) is 11.7 Å². The summed E-state index contributed by atoms with van der Waals surface area (Å²) in [6.45, 7) is 0.213. The van der Waals surface area contributed by atoms with Crippen molar-refractivity contribution in [3.05, 3.63) is 42.5 Å². The summed E-state index contributed by atoms with van der Waals surface area (Å²) in [7, 11) is -3.77. The Morgan fingerprint density at radius 3 is 2.79 bits per heavy atom. The van der Waals surface area contributed by atoms with Crippen LogP contribution < -0.4 is 19.5 Å². The quantitative estimate of drug-likeness (QED) is 0.569. The van der Waals surface area contributed by atoms with E-state index >= 15 is 0 Å². The number of nitrogens with zero attached hydrogens (tertiary/aromatic N) is 2. The molecule has 0 bridgehead atoms. The maximum absolute atomic E-state index is 12.5. The first-order valence-corrected chi connectivity index (χ1v) is 10.6. The largest absolute Gasteiger partial charge is 0.485 e. The number of hydrogen-bond acceptors (Lipinski definition) is 8. The van der Waals surface area contributed by atoms with Crippen molar-refractivity contribution in [3.8, 4) is 11.5 Å². The molecule has 1 aromatic heterocycles. The second-order valence-electron chi connectivity index (χ2n) is 5.94. The minimum absolute atomic E-state index is 0.0200. The number of amides is 1. The first-order chi connectivity index (χ1) is 13.5. The van der Waals surface area contributed by atoms with E-state index in [1.165, 1.54) is 6.07 Å². The molecule has 2 heterocycles. The third kappa shape index (κ3) is 3.77. The molecule has 0 fully saturated rings. The fourth-order valence-corrected chi connectivity index (χ4v) is 4.51. The molecule has 2 aromatic carbocycles. The number of nitrogens with one attached hydrogen (secondary N) is 2. The van der Waals surface area contributed by atoms with Gasteiger partial charge in [-0.2, -0.15) is 8.75 Å². The van der Waals surface area contributed by atoms with Gasteiger partial charge in [0, 0.05) is 13.1 Å². The van der Waals surface area contributed by atoms with Gasteiger partial charge in [-0.05, 0) is 24.3 Å². The predicted octanol–water partition coefficient (Wildman–Crippen LogP) is 0.926. The predicted molar refractivity (Wildman–Crippen MR) is 102 cm³/mol. The Morgan fingerprint density at radius 2 is 1.93 bits per heavy atom. The van der Waals surface area contributed by atoms with Crippen LogP contribution in [0, 0.1) is 0 Å². The third-order valence-corrected chi connectivity index (χ3v) is 6.09. The van der Waals surface area contributed by atoms with Crippen molar-refractivity contribution in [1.82, 2.24) is 18.8 Å². The van der Waals surface area contributed by atoms with Gasteiger partial charge in [0.25, 0.3) is 5.91 Å². The maximum atomic E-state index is 12.5. The minimum Gasteiger partial charge on any atom is -0.485 e. The molecular weight excluding hydrogens is 404 g/mol. The number of fused-ring (bicyclic) bond motifs is 2. The summed E-state index contributed by atoms with van der Waals surface area (Å²) < 4.78 is 46.6. The van der Waals surface area contributed by atoms with Gasteiger partial charge in [-0.1, -0.05) is 18.2 Å². The number of aromatic nitrogens is 2. The lowest BCUT2D eigenvalue weighted by atomic mass is 10.2. The highest BCUT2D eigenvalue weighted by Gasteiger charge is 2.27. The Labute approximate surface area is 165 Å². The lowest BCUT2D eigenvalue weighted by Crippen LogP contribution is -2.46. The molecule has 0 aliphatic carbocycles. The van der Waals surface area contributed by atoms with E-state index in [0.717, 1.165) is 11.7 Å². The van der Waals surface area contributed by atoms with E-state index in [-0.39, 0.29) is 30.5 Å². The standard InChI is InChI=1S/C17H16N4O5S2/c22-17(14-10-25-12-5-1-2-6-13(12)26-14)18-8-9-19-28(23,24)15-7-3-4-11-16(15)21-27-20-11/h1-7,14,19H,8-10H2,(H,18,22)/t14-/m1/s1. The van der Waals surface area contributed by atoms with Crippen molar-refractivity contribution < 1.29 is 22.7 Å². The molecule has 9 nitrogen and oxygen atoms in total. The average Bonchev–Trinajstić information content (AvgIpc) is 3.19. The zero-order valence-electron chi connectivity index (χ0n) is 14.5. The molecule has 0 spiro atoms. The molecule has 1 atom stereocenters. The van der Waals surface area contributed by atoms with E-state index in [0.29, 0.717) is 22.5 Å². The number of carbonyl (C=O) groups excluding carboxylic acids is 1. The second kappa shape index (κ2) is 7.70. The van der Waals surface area contributed by atoms with Crippen LogP contribution in [-0.2, 0) is 14.8 Å². The van der Waals surface area contributed by atoms with Gasteiger partial charge in [-0.25, -0.2) is 13.1 Å². The molecule has 0 unspecified atom stereocenters. The number of hydrogen-bond donors (Lipinski definition) is 2. The molecule has 1 aliphatic heterocycles. The van der Waals surface area contributed by atoms with Crippen LogP contribution in [0.15, 0.2) is 47.4 Å². The van der Waals surface area contributed by atoms with Crippen LogP contribution in [0.4, 0.5) is 0 Å². The molecular formula is C17H16N4O5S2. The van der Waals surface area contributed by atoms with Gasteiger partial charge in [0.15, 0.2) is 11.5 Å². The van der Waals surface area contributed by atoms with E-state index in [1.807, 2.05) is 6.07 Å². The fourth-order valence-electron chi connectivity index (χ4n) is 2.71. The van der Waals surface area contributed by atoms with Crippen LogP contribution in [0.2, 0.25) is 0 Å². The Morgan fingerprint density at radius 1 is 1.11 bits per heavy atom. The zero-order valence-corrected chi connectivity index (χ0v) is 16.1. The monoisotopic (exact) mass is 420 g/mol. The summed E-state index contributed by atoms with van der Waals surface area (Å²) in [5.74, 6) is 0.712. The average molecular weight is 420 g/mol. The van der Waals surface area contributed by atoms with Crippen molar-refractivity contribution in [1.29, 1.82) is 0 Å². The Hall–Kier alpha value is -2.76. The number of benzene rings is 2. The van der Waals surface area contributed by atoms with Gasteiger partial charge in [-0.15, -0.1) is 0 Å². The number of para-hydroxylation sites is 2. The normalized spacial score (nSPS) is 16.1. The summed E-state index contributed by atoms with van der Waals surface area (Å²) in [6.07, 6.45) is -0.790. The van der Waals surface area contributed by atoms with Gasteiger partial charge in [0.1, 0.15) is 22.5 Å². The molecule has 1 aliphatic rings. The van der Waals surface area contributed by atoms with Crippen molar-refractivity contribution in [3.63, 3.8) is 0 Å². The van der Waals surface area contributed by atoms with E-state index in [4.69, 9.17) is 9.47 Å².